The number of rotatable bonds is 10. The summed E-state index contributed by atoms with van der Waals surface area (Å²) in [5.74, 6) is 1.65. The van der Waals surface area contributed by atoms with E-state index < -0.39 is 6.10 Å². The van der Waals surface area contributed by atoms with E-state index in [1.54, 1.807) is 33.2 Å². The molecule has 1 saturated heterocycles. The second kappa shape index (κ2) is 11.7. The number of aliphatic hydroxyl groups is 1. The molecule has 1 fully saturated rings. The Bertz CT molecular complexity index is 623. The van der Waals surface area contributed by atoms with E-state index in [4.69, 9.17) is 23.7 Å². The van der Waals surface area contributed by atoms with Crippen LogP contribution in [0.1, 0.15) is 12.5 Å². The van der Waals surface area contributed by atoms with Crippen LogP contribution in [-0.2, 0) is 16.1 Å². The van der Waals surface area contributed by atoms with Crippen LogP contribution in [0.5, 0.6) is 17.2 Å². The van der Waals surface area contributed by atoms with Crippen molar-refractivity contribution >= 4 is 6.09 Å². The lowest BCUT2D eigenvalue weighted by atomic mass is 10.2. The fourth-order valence-electron chi connectivity index (χ4n) is 3.21. The van der Waals surface area contributed by atoms with Gasteiger partial charge in [0, 0.05) is 32.7 Å². The van der Waals surface area contributed by atoms with Crippen LogP contribution in [0.15, 0.2) is 12.1 Å². The Morgan fingerprint density at radius 3 is 2.21 bits per heavy atom. The summed E-state index contributed by atoms with van der Waals surface area (Å²) in [7, 11) is 4.68. The fourth-order valence-corrected chi connectivity index (χ4v) is 3.21. The molecule has 1 amide bonds. The van der Waals surface area contributed by atoms with E-state index in [-0.39, 0.29) is 12.7 Å². The Morgan fingerprint density at radius 1 is 1.07 bits per heavy atom. The molecule has 0 aliphatic carbocycles. The number of hydrogen-bond donors (Lipinski definition) is 1. The van der Waals surface area contributed by atoms with Gasteiger partial charge in [-0.05, 0) is 24.6 Å². The molecule has 1 aliphatic heterocycles. The predicted molar refractivity (Wildman–Crippen MR) is 107 cm³/mol. The molecule has 2 rings (SSSR count). The van der Waals surface area contributed by atoms with Crippen LogP contribution >= 0.6 is 0 Å². The Hall–Kier alpha value is -2.23. The minimum Gasteiger partial charge on any atom is -0.493 e. The van der Waals surface area contributed by atoms with Gasteiger partial charge in [0.25, 0.3) is 0 Å². The van der Waals surface area contributed by atoms with Crippen molar-refractivity contribution in [2.75, 3.05) is 67.3 Å². The zero-order valence-corrected chi connectivity index (χ0v) is 17.7. The van der Waals surface area contributed by atoms with Gasteiger partial charge in [0.05, 0.1) is 47.3 Å². The fraction of sp³-hybridized carbons (Fsp3) is 0.650. The van der Waals surface area contributed by atoms with Crippen molar-refractivity contribution < 1.29 is 33.6 Å². The number of hydrogen-bond acceptors (Lipinski definition) is 8. The molecule has 1 N–H and O–H groups in total. The number of amides is 1. The molecule has 29 heavy (non-hydrogen) atoms. The molecule has 1 atom stereocenters. The molecule has 0 aromatic heterocycles. The third-order valence-electron chi connectivity index (χ3n) is 4.67. The summed E-state index contributed by atoms with van der Waals surface area (Å²) >= 11 is 0. The summed E-state index contributed by atoms with van der Waals surface area (Å²) in [6, 6.07) is 3.64. The maximum Gasteiger partial charge on any atom is 0.409 e. The second-order valence-corrected chi connectivity index (χ2v) is 6.69. The largest absolute Gasteiger partial charge is 0.493 e. The van der Waals surface area contributed by atoms with Crippen LogP contribution in [0.3, 0.4) is 0 Å². The van der Waals surface area contributed by atoms with Crippen LogP contribution in [-0.4, -0.2) is 94.4 Å². The van der Waals surface area contributed by atoms with Crippen molar-refractivity contribution in [2.24, 2.45) is 0 Å². The highest BCUT2D eigenvalue weighted by Crippen LogP contribution is 2.38. The highest BCUT2D eigenvalue weighted by molar-refractivity contribution is 5.67. The van der Waals surface area contributed by atoms with Crippen LogP contribution in [0.4, 0.5) is 4.79 Å². The number of carbonyl (C=O) groups is 1. The van der Waals surface area contributed by atoms with Gasteiger partial charge in [-0.25, -0.2) is 4.79 Å². The number of methoxy groups -OCH3 is 3. The van der Waals surface area contributed by atoms with Crippen molar-refractivity contribution in [3.05, 3.63) is 17.7 Å². The lowest BCUT2D eigenvalue weighted by Gasteiger charge is -2.34. The van der Waals surface area contributed by atoms with E-state index in [2.05, 4.69) is 4.90 Å². The molecule has 9 heteroatoms. The van der Waals surface area contributed by atoms with Gasteiger partial charge in [-0.2, -0.15) is 0 Å². The van der Waals surface area contributed by atoms with Gasteiger partial charge in [0.15, 0.2) is 11.5 Å². The number of ether oxygens (including phenoxy) is 5. The van der Waals surface area contributed by atoms with E-state index in [0.717, 1.165) is 5.56 Å². The smallest absolute Gasteiger partial charge is 0.409 e. The summed E-state index contributed by atoms with van der Waals surface area (Å²) in [6.45, 7) is 5.76. The molecular weight excluding hydrogens is 380 g/mol. The number of carbonyl (C=O) groups excluding carboxylic acids is 1. The normalized spacial score (nSPS) is 15.7. The number of aliphatic hydroxyl groups excluding tert-OH is 1. The lowest BCUT2D eigenvalue weighted by molar-refractivity contribution is 0.00113. The highest BCUT2D eigenvalue weighted by atomic mass is 16.6. The standard InChI is InChI=1S/C20H32N2O7/c1-5-29-20(24)22-8-6-21(7-9-22)12-16(23)14-28-13-15-10-17(25-2)19(27-4)18(11-15)26-3/h10-11,16,23H,5-9,12-14H2,1-4H3/t16-/m0/s1. The second-order valence-electron chi connectivity index (χ2n) is 6.69. The van der Waals surface area contributed by atoms with Crippen LogP contribution in [0.25, 0.3) is 0 Å². The predicted octanol–water partition coefficient (Wildman–Crippen LogP) is 1.36. The molecule has 0 saturated carbocycles. The Kier molecular flexibility index (Phi) is 9.30. The van der Waals surface area contributed by atoms with E-state index in [1.165, 1.54) is 0 Å². The first-order valence-electron chi connectivity index (χ1n) is 9.71. The van der Waals surface area contributed by atoms with Crippen molar-refractivity contribution in [3.63, 3.8) is 0 Å². The van der Waals surface area contributed by atoms with Gasteiger partial charge in [-0.1, -0.05) is 0 Å². The first-order valence-corrected chi connectivity index (χ1v) is 9.71. The Labute approximate surface area is 172 Å². The number of piperazine rings is 1. The number of β-amino-alcohol motifs (C(OH)–C–C–N with tert-alkyl or cyclic N) is 1. The molecule has 1 aromatic rings. The maximum absolute atomic E-state index is 11.7. The van der Waals surface area contributed by atoms with Gasteiger partial charge in [0.2, 0.25) is 5.75 Å². The minimum atomic E-state index is -0.619. The Balaban J connectivity index is 1.76. The van der Waals surface area contributed by atoms with E-state index in [9.17, 15) is 9.90 Å². The minimum absolute atomic E-state index is 0.203. The first kappa shape index (κ1) is 23.1. The molecule has 0 unspecified atom stereocenters. The highest BCUT2D eigenvalue weighted by Gasteiger charge is 2.23. The molecule has 164 valence electrons. The molecule has 1 aliphatic rings. The summed E-state index contributed by atoms with van der Waals surface area (Å²) in [4.78, 5) is 15.5. The topological polar surface area (TPSA) is 89.9 Å². The summed E-state index contributed by atoms with van der Waals surface area (Å²) in [5, 5.41) is 10.3. The van der Waals surface area contributed by atoms with Crippen LogP contribution in [0.2, 0.25) is 0 Å². The van der Waals surface area contributed by atoms with Gasteiger partial charge >= 0.3 is 6.09 Å². The Morgan fingerprint density at radius 2 is 1.69 bits per heavy atom. The monoisotopic (exact) mass is 412 g/mol. The van der Waals surface area contributed by atoms with E-state index >= 15 is 0 Å². The quantitative estimate of drug-likeness (QED) is 0.616. The SMILES string of the molecule is CCOC(=O)N1CCN(C[C@H](O)COCc2cc(OC)c(OC)c(OC)c2)CC1. The average molecular weight is 412 g/mol. The third-order valence-corrected chi connectivity index (χ3v) is 4.67. The summed E-state index contributed by atoms with van der Waals surface area (Å²) in [6.07, 6.45) is -0.896. The van der Waals surface area contributed by atoms with Gasteiger partial charge in [-0.3, -0.25) is 4.90 Å². The lowest BCUT2D eigenvalue weighted by Crippen LogP contribution is -2.50. The van der Waals surface area contributed by atoms with Crippen molar-refractivity contribution in [3.8, 4) is 17.2 Å². The van der Waals surface area contributed by atoms with Gasteiger partial charge in [0.1, 0.15) is 0 Å². The first-order chi connectivity index (χ1) is 14.0. The molecular formula is C20H32N2O7. The summed E-state index contributed by atoms with van der Waals surface area (Å²) in [5.41, 5.74) is 0.856. The van der Waals surface area contributed by atoms with Gasteiger partial charge < -0.3 is 33.7 Å². The van der Waals surface area contributed by atoms with Crippen LogP contribution in [0, 0.1) is 0 Å². The third kappa shape index (κ3) is 6.66. The van der Waals surface area contributed by atoms with Crippen molar-refractivity contribution in [2.45, 2.75) is 19.6 Å². The average Bonchev–Trinajstić information content (AvgIpc) is 2.73. The van der Waals surface area contributed by atoms with Crippen LogP contribution < -0.4 is 14.2 Å². The molecule has 0 spiro atoms. The van der Waals surface area contributed by atoms with Crippen molar-refractivity contribution in [1.29, 1.82) is 0 Å². The molecule has 1 heterocycles. The molecule has 1 aromatic carbocycles. The maximum atomic E-state index is 11.7. The number of nitrogens with zero attached hydrogens (tertiary/aromatic N) is 2. The van der Waals surface area contributed by atoms with Gasteiger partial charge in [-0.15, -0.1) is 0 Å². The van der Waals surface area contributed by atoms with Crippen molar-refractivity contribution in [1.82, 2.24) is 9.80 Å². The summed E-state index contributed by atoms with van der Waals surface area (Å²) < 4.78 is 26.7. The number of benzene rings is 1. The molecule has 0 bridgehead atoms. The van der Waals surface area contributed by atoms with E-state index in [0.29, 0.717) is 63.2 Å². The van der Waals surface area contributed by atoms with E-state index in [1.807, 2.05) is 12.1 Å². The molecule has 9 nitrogen and oxygen atoms in total. The zero-order chi connectivity index (χ0) is 21.2. The zero-order valence-electron chi connectivity index (χ0n) is 17.7. The molecule has 0 radical (unpaired) electrons.